The number of fused-ring (bicyclic) bond motifs is 1. The van der Waals surface area contributed by atoms with Gasteiger partial charge in [0.1, 0.15) is 0 Å². The molecule has 2 atom stereocenters. The Morgan fingerprint density at radius 2 is 1.79 bits per heavy atom. The summed E-state index contributed by atoms with van der Waals surface area (Å²) in [4.78, 5) is 17.8. The fraction of sp³-hybridized carbons (Fsp3) is 0.944. The Morgan fingerprint density at radius 1 is 1.08 bits per heavy atom. The Hall–Kier alpha value is -0.0300. The Bertz CT molecular complexity index is 402. The van der Waals surface area contributed by atoms with E-state index >= 15 is 0 Å². The second kappa shape index (κ2) is 9.61. The van der Waals surface area contributed by atoms with Gasteiger partial charge in [-0.3, -0.25) is 9.69 Å². The summed E-state index contributed by atoms with van der Waals surface area (Å²) in [6.45, 7) is 6.13. The van der Waals surface area contributed by atoms with Crippen LogP contribution in [0.1, 0.15) is 64.7 Å². The normalized spacial score (nSPS) is 29.8. The molecule has 3 rings (SSSR count). The largest absolute Gasteiger partial charge is 0.337 e. The maximum Gasteiger partial charge on any atom is 0.223 e. The fourth-order valence-electron chi connectivity index (χ4n) is 4.88. The molecule has 1 amide bonds. The van der Waals surface area contributed by atoms with Gasteiger partial charge in [-0.25, -0.2) is 0 Å². The van der Waals surface area contributed by atoms with Gasteiger partial charge in [-0.15, -0.1) is 24.8 Å². The lowest BCUT2D eigenvalue weighted by atomic mass is 9.71. The highest BCUT2D eigenvalue weighted by Crippen LogP contribution is 2.39. The van der Waals surface area contributed by atoms with E-state index in [1.54, 1.807) is 0 Å². The zero-order valence-electron chi connectivity index (χ0n) is 15.0. The molecule has 0 aromatic carbocycles. The van der Waals surface area contributed by atoms with Crippen molar-refractivity contribution in [2.45, 2.75) is 76.8 Å². The molecule has 2 aliphatic heterocycles. The summed E-state index contributed by atoms with van der Waals surface area (Å²) in [5, 5.41) is 0. The minimum absolute atomic E-state index is 0. The first-order chi connectivity index (χ1) is 10.6. The highest BCUT2D eigenvalue weighted by atomic mass is 35.5. The average molecular weight is 380 g/mol. The molecular weight excluding hydrogens is 345 g/mol. The molecule has 3 aliphatic rings. The summed E-state index contributed by atoms with van der Waals surface area (Å²) in [6, 6.07) is 0.967. The summed E-state index contributed by atoms with van der Waals surface area (Å²) in [6.07, 6.45) is 10.7. The first-order valence-electron chi connectivity index (χ1n) is 9.37. The third-order valence-corrected chi connectivity index (χ3v) is 6.38. The van der Waals surface area contributed by atoms with Gasteiger partial charge in [0.2, 0.25) is 5.91 Å². The first-order valence-corrected chi connectivity index (χ1v) is 9.37. The molecule has 0 aromatic heterocycles. The highest BCUT2D eigenvalue weighted by molar-refractivity contribution is 5.85. The van der Waals surface area contributed by atoms with E-state index < -0.39 is 0 Å². The van der Waals surface area contributed by atoms with Gasteiger partial charge >= 0.3 is 0 Å². The fourth-order valence-corrected chi connectivity index (χ4v) is 4.88. The standard InChI is InChI=1S/C18H33N3O.2ClH/c1-15-12-20-10-6-3-7-16(20)13-21(15)17(22)11-18(14-19)8-4-2-5-9-18;;/h15-16H,2-14,19H2,1H3;2*1H. The van der Waals surface area contributed by atoms with Crippen molar-refractivity contribution in [3.63, 3.8) is 0 Å². The van der Waals surface area contributed by atoms with Crippen molar-refractivity contribution in [3.8, 4) is 0 Å². The molecule has 3 fully saturated rings. The van der Waals surface area contributed by atoms with Crippen LogP contribution in [0, 0.1) is 5.41 Å². The number of piperazine rings is 1. The molecule has 2 heterocycles. The van der Waals surface area contributed by atoms with Crippen molar-refractivity contribution < 1.29 is 4.79 Å². The van der Waals surface area contributed by atoms with Crippen LogP contribution in [0.5, 0.6) is 0 Å². The van der Waals surface area contributed by atoms with E-state index in [-0.39, 0.29) is 30.2 Å². The van der Waals surface area contributed by atoms with E-state index in [2.05, 4.69) is 16.7 Å². The number of carbonyl (C=O) groups excluding carboxylic acids is 1. The summed E-state index contributed by atoms with van der Waals surface area (Å²) >= 11 is 0. The van der Waals surface area contributed by atoms with Gasteiger partial charge in [0.15, 0.2) is 0 Å². The van der Waals surface area contributed by atoms with Gasteiger partial charge in [-0.1, -0.05) is 25.7 Å². The van der Waals surface area contributed by atoms with Crippen LogP contribution in [0.2, 0.25) is 0 Å². The number of amides is 1. The number of piperidine rings is 1. The smallest absolute Gasteiger partial charge is 0.223 e. The van der Waals surface area contributed by atoms with E-state index in [0.717, 1.165) is 25.9 Å². The SMILES string of the molecule is CC1CN2CCCCC2CN1C(=O)CC1(CN)CCCCC1.Cl.Cl. The highest BCUT2D eigenvalue weighted by Gasteiger charge is 2.39. The molecule has 4 nitrogen and oxygen atoms in total. The Morgan fingerprint density at radius 3 is 2.46 bits per heavy atom. The third kappa shape index (κ3) is 4.78. The van der Waals surface area contributed by atoms with Crippen LogP contribution < -0.4 is 5.73 Å². The van der Waals surface area contributed by atoms with E-state index in [4.69, 9.17) is 5.73 Å². The zero-order valence-corrected chi connectivity index (χ0v) is 16.7. The number of halogens is 2. The lowest BCUT2D eigenvalue weighted by Gasteiger charge is -2.48. The molecule has 2 saturated heterocycles. The van der Waals surface area contributed by atoms with Gasteiger partial charge in [0.05, 0.1) is 0 Å². The average Bonchev–Trinajstić information content (AvgIpc) is 2.55. The zero-order chi connectivity index (χ0) is 15.6. The summed E-state index contributed by atoms with van der Waals surface area (Å²) in [5.41, 5.74) is 6.17. The number of nitrogens with zero attached hydrogens (tertiary/aromatic N) is 2. The second-order valence-electron chi connectivity index (χ2n) is 7.98. The second-order valence-corrected chi connectivity index (χ2v) is 7.98. The Balaban J connectivity index is 0.00000144. The monoisotopic (exact) mass is 379 g/mol. The first kappa shape index (κ1) is 22.0. The molecule has 6 heteroatoms. The van der Waals surface area contributed by atoms with Gasteiger partial charge in [-0.2, -0.15) is 0 Å². The number of hydrogen-bond donors (Lipinski definition) is 1. The maximum absolute atomic E-state index is 13.0. The van der Waals surface area contributed by atoms with Crippen molar-refractivity contribution in [2.24, 2.45) is 11.1 Å². The molecule has 1 aliphatic carbocycles. The molecule has 24 heavy (non-hydrogen) atoms. The summed E-state index contributed by atoms with van der Waals surface area (Å²) in [7, 11) is 0. The van der Waals surface area contributed by atoms with Crippen LogP contribution in [0.3, 0.4) is 0 Å². The van der Waals surface area contributed by atoms with E-state index in [1.165, 1.54) is 45.1 Å². The molecule has 2 unspecified atom stereocenters. The third-order valence-electron chi connectivity index (χ3n) is 6.38. The molecule has 1 saturated carbocycles. The van der Waals surface area contributed by atoms with E-state index in [9.17, 15) is 4.79 Å². The van der Waals surface area contributed by atoms with Gasteiger partial charge in [0, 0.05) is 31.6 Å². The predicted octanol–water partition coefficient (Wildman–Crippen LogP) is 3.21. The van der Waals surface area contributed by atoms with Crippen LogP contribution >= 0.6 is 24.8 Å². The quantitative estimate of drug-likeness (QED) is 0.818. The van der Waals surface area contributed by atoms with Gasteiger partial charge in [-0.05, 0) is 51.1 Å². The Kier molecular flexibility index (Phi) is 8.81. The Labute approximate surface area is 159 Å². The van der Waals surface area contributed by atoms with E-state index in [0.29, 0.717) is 31.0 Å². The van der Waals surface area contributed by atoms with Gasteiger partial charge in [0.25, 0.3) is 0 Å². The summed E-state index contributed by atoms with van der Waals surface area (Å²) in [5.74, 6) is 0.366. The van der Waals surface area contributed by atoms with Crippen molar-refractivity contribution in [2.75, 3.05) is 26.2 Å². The van der Waals surface area contributed by atoms with Crippen molar-refractivity contribution in [1.82, 2.24) is 9.80 Å². The molecule has 0 radical (unpaired) electrons. The number of hydrogen-bond acceptors (Lipinski definition) is 3. The number of carbonyl (C=O) groups is 1. The van der Waals surface area contributed by atoms with Gasteiger partial charge < -0.3 is 10.6 Å². The van der Waals surface area contributed by atoms with E-state index in [1.807, 2.05) is 0 Å². The topological polar surface area (TPSA) is 49.6 Å². The predicted molar refractivity (Wildman–Crippen MR) is 104 cm³/mol. The maximum atomic E-state index is 13.0. The number of nitrogens with two attached hydrogens (primary N) is 1. The van der Waals surface area contributed by atoms with Crippen LogP contribution in [0.25, 0.3) is 0 Å². The minimum Gasteiger partial charge on any atom is -0.337 e. The summed E-state index contributed by atoms with van der Waals surface area (Å²) < 4.78 is 0. The van der Waals surface area contributed by atoms with Crippen LogP contribution in [0.15, 0.2) is 0 Å². The molecule has 0 bridgehead atoms. The van der Waals surface area contributed by atoms with Crippen LogP contribution in [-0.2, 0) is 4.79 Å². The lowest BCUT2D eigenvalue weighted by molar-refractivity contribution is -0.141. The minimum atomic E-state index is 0. The van der Waals surface area contributed by atoms with Crippen molar-refractivity contribution in [3.05, 3.63) is 0 Å². The van der Waals surface area contributed by atoms with Crippen LogP contribution in [0.4, 0.5) is 0 Å². The molecule has 142 valence electrons. The molecule has 0 spiro atoms. The van der Waals surface area contributed by atoms with Crippen LogP contribution in [-0.4, -0.2) is 54.0 Å². The molecule has 0 aromatic rings. The molecule has 2 N–H and O–H groups in total. The lowest BCUT2D eigenvalue weighted by Crippen LogP contribution is -2.60. The number of rotatable bonds is 3. The van der Waals surface area contributed by atoms with Crippen molar-refractivity contribution >= 4 is 30.7 Å². The van der Waals surface area contributed by atoms with Crippen molar-refractivity contribution in [1.29, 1.82) is 0 Å². The molecular formula is C18H35Cl2N3O.